The topological polar surface area (TPSA) is 60.4 Å². The highest BCUT2D eigenvalue weighted by Crippen LogP contribution is 2.30. The normalized spacial score (nSPS) is 17.1. The van der Waals surface area contributed by atoms with Crippen molar-refractivity contribution in [3.63, 3.8) is 0 Å². The third-order valence-corrected chi connectivity index (χ3v) is 4.14. The fraction of sp³-hybridized carbons (Fsp3) is 0.133. The molecule has 1 aromatic carbocycles. The van der Waals surface area contributed by atoms with Gasteiger partial charge in [0.25, 0.3) is 5.91 Å². The maximum absolute atomic E-state index is 12.1. The number of thiocarbonyl (C=S) groups is 1. The highest BCUT2D eigenvalue weighted by atomic mass is 32.2. The molecule has 0 saturated carbocycles. The van der Waals surface area contributed by atoms with Crippen molar-refractivity contribution in [2.45, 2.75) is 6.42 Å². The molecule has 108 valence electrons. The first kappa shape index (κ1) is 15.5. The molecule has 1 heterocycles. The van der Waals surface area contributed by atoms with E-state index >= 15 is 0 Å². The van der Waals surface area contributed by atoms with Gasteiger partial charge in [-0.1, -0.05) is 66.5 Å². The summed E-state index contributed by atoms with van der Waals surface area (Å²) in [7, 11) is 0. The number of hydrogen-bond acceptors (Lipinski definition) is 5. The molecule has 0 atom stereocenters. The molecule has 6 heteroatoms. The number of hydrogen-bond donors (Lipinski definition) is 0. The summed E-state index contributed by atoms with van der Waals surface area (Å²) in [5, 5.41) is 10.5. The fourth-order valence-electron chi connectivity index (χ4n) is 1.72. The molecule has 0 spiro atoms. The number of rotatable bonds is 5. The van der Waals surface area contributed by atoms with E-state index in [1.54, 1.807) is 12.2 Å². The van der Waals surface area contributed by atoms with Crippen LogP contribution >= 0.6 is 24.0 Å². The van der Waals surface area contributed by atoms with Crippen molar-refractivity contribution in [1.82, 2.24) is 4.90 Å². The zero-order valence-electron chi connectivity index (χ0n) is 11.0. The first-order valence-electron chi connectivity index (χ1n) is 6.25. The maximum Gasteiger partial charge on any atom is 0.266 e. The van der Waals surface area contributed by atoms with Crippen molar-refractivity contribution in [1.29, 1.82) is 0 Å². The van der Waals surface area contributed by atoms with Gasteiger partial charge in [0.2, 0.25) is 0 Å². The lowest BCUT2D eigenvalue weighted by Crippen LogP contribution is -2.33. The summed E-state index contributed by atoms with van der Waals surface area (Å²) in [4.78, 5) is 24.3. The van der Waals surface area contributed by atoms with Gasteiger partial charge in [0.05, 0.1) is 4.91 Å². The van der Waals surface area contributed by atoms with Crippen molar-refractivity contribution in [2.24, 2.45) is 0 Å². The van der Waals surface area contributed by atoms with Gasteiger partial charge < -0.3 is 9.90 Å². The van der Waals surface area contributed by atoms with E-state index in [0.717, 1.165) is 5.56 Å². The maximum atomic E-state index is 12.1. The lowest BCUT2D eigenvalue weighted by Gasteiger charge is -2.14. The number of carboxylic acid groups (broad SMARTS) is 1. The van der Waals surface area contributed by atoms with Gasteiger partial charge >= 0.3 is 0 Å². The number of carbonyl (C=O) groups is 2. The Morgan fingerprint density at radius 3 is 2.71 bits per heavy atom. The van der Waals surface area contributed by atoms with E-state index in [1.807, 2.05) is 36.4 Å². The van der Waals surface area contributed by atoms with Gasteiger partial charge in [-0.2, -0.15) is 0 Å². The number of thioether (sulfide) groups is 1. The smallest absolute Gasteiger partial charge is 0.266 e. The van der Waals surface area contributed by atoms with Gasteiger partial charge in [-0.05, 0) is 11.6 Å². The van der Waals surface area contributed by atoms with E-state index in [4.69, 9.17) is 12.2 Å². The van der Waals surface area contributed by atoms with Crippen LogP contribution in [0.15, 0.2) is 47.4 Å². The fourth-order valence-corrected chi connectivity index (χ4v) is 2.98. The van der Waals surface area contributed by atoms with Crippen molar-refractivity contribution in [3.8, 4) is 0 Å². The summed E-state index contributed by atoms with van der Waals surface area (Å²) in [5.41, 5.74) is 1.03. The van der Waals surface area contributed by atoms with E-state index in [-0.39, 0.29) is 18.9 Å². The molecule has 2 rings (SSSR count). The number of aliphatic carboxylic acids is 1. The van der Waals surface area contributed by atoms with Gasteiger partial charge in [-0.15, -0.1) is 0 Å². The highest BCUT2D eigenvalue weighted by Gasteiger charge is 2.30. The lowest BCUT2D eigenvalue weighted by atomic mass is 10.2. The number of nitrogens with zero attached hydrogens (tertiary/aromatic N) is 1. The number of carboxylic acids is 1. The lowest BCUT2D eigenvalue weighted by molar-refractivity contribution is -0.305. The van der Waals surface area contributed by atoms with Gasteiger partial charge in [-0.25, -0.2) is 0 Å². The SMILES string of the molecule is O=C([O-])CCN1C(=O)/C(=C/C=C/c2ccccc2)SC1=S. The Balaban J connectivity index is 2.03. The third kappa shape index (κ3) is 4.27. The minimum Gasteiger partial charge on any atom is -0.550 e. The van der Waals surface area contributed by atoms with E-state index in [2.05, 4.69) is 0 Å². The molecule has 0 aliphatic carbocycles. The van der Waals surface area contributed by atoms with Crippen molar-refractivity contribution in [2.75, 3.05) is 6.54 Å². The van der Waals surface area contributed by atoms with E-state index in [1.165, 1.54) is 16.7 Å². The summed E-state index contributed by atoms with van der Waals surface area (Å²) in [5.74, 6) is -1.46. The molecule has 0 bridgehead atoms. The van der Waals surface area contributed by atoms with Crippen LogP contribution in [0.3, 0.4) is 0 Å². The summed E-state index contributed by atoms with van der Waals surface area (Å²) in [6, 6.07) is 9.70. The second kappa shape index (κ2) is 7.19. The molecular formula is C15H12NO3S2-. The van der Waals surface area contributed by atoms with Crippen LogP contribution in [0.25, 0.3) is 6.08 Å². The molecule has 0 radical (unpaired) electrons. The van der Waals surface area contributed by atoms with Crippen LogP contribution in [-0.4, -0.2) is 27.6 Å². The molecule has 0 unspecified atom stereocenters. The van der Waals surface area contributed by atoms with Crippen LogP contribution in [0, 0.1) is 0 Å². The van der Waals surface area contributed by atoms with Gasteiger partial charge in [0, 0.05) is 18.9 Å². The first-order chi connectivity index (χ1) is 10.1. The predicted octanol–water partition coefficient (Wildman–Crippen LogP) is 1.58. The Bertz CT molecular complexity index is 623. The number of allylic oxidation sites excluding steroid dienone is 2. The van der Waals surface area contributed by atoms with Crippen molar-refractivity contribution in [3.05, 3.63) is 53.0 Å². The zero-order valence-corrected chi connectivity index (χ0v) is 12.7. The molecule has 0 aromatic heterocycles. The molecule has 1 aliphatic heterocycles. The highest BCUT2D eigenvalue weighted by molar-refractivity contribution is 8.26. The third-order valence-electron chi connectivity index (χ3n) is 2.75. The Labute approximate surface area is 132 Å². The standard InChI is InChI=1S/C15H13NO3S2/c17-13(18)9-10-16-14(19)12(21-15(16)20)8-4-7-11-5-2-1-3-6-11/h1-8H,9-10H2,(H,17,18)/p-1/b7-4+,12-8-. The summed E-state index contributed by atoms with van der Waals surface area (Å²) in [6.45, 7) is 0.0484. The second-order valence-corrected chi connectivity index (χ2v) is 5.92. The molecular weight excluding hydrogens is 306 g/mol. The van der Waals surface area contributed by atoms with Crippen LogP contribution in [0.5, 0.6) is 0 Å². The van der Waals surface area contributed by atoms with Crippen molar-refractivity contribution < 1.29 is 14.7 Å². The largest absolute Gasteiger partial charge is 0.550 e. The molecule has 0 N–H and O–H groups in total. The Kier molecular flexibility index (Phi) is 5.30. The number of carbonyl (C=O) groups excluding carboxylic acids is 2. The number of amides is 1. The quantitative estimate of drug-likeness (QED) is 0.609. The Morgan fingerprint density at radius 1 is 1.33 bits per heavy atom. The van der Waals surface area contributed by atoms with Gasteiger partial charge in [0.15, 0.2) is 0 Å². The molecule has 1 amide bonds. The minimum atomic E-state index is -1.20. The Hall–Kier alpha value is -1.92. The average molecular weight is 318 g/mol. The van der Waals surface area contributed by atoms with Crippen LogP contribution in [-0.2, 0) is 9.59 Å². The van der Waals surface area contributed by atoms with Crippen LogP contribution in [0.4, 0.5) is 0 Å². The summed E-state index contributed by atoms with van der Waals surface area (Å²) < 4.78 is 0.376. The van der Waals surface area contributed by atoms with Gasteiger partial charge in [0.1, 0.15) is 4.32 Å². The van der Waals surface area contributed by atoms with Crippen LogP contribution in [0.2, 0.25) is 0 Å². The molecule has 1 aromatic rings. The Morgan fingerprint density at radius 2 is 2.05 bits per heavy atom. The van der Waals surface area contributed by atoms with Gasteiger partial charge in [-0.3, -0.25) is 9.69 Å². The monoisotopic (exact) mass is 318 g/mol. The van der Waals surface area contributed by atoms with Crippen molar-refractivity contribution >= 4 is 46.3 Å². The molecule has 1 fully saturated rings. The van der Waals surface area contributed by atoms with E-state index in [9.17, 15) is 14.7 Å². The second-order valence-electron chi connectivity index (χ2n) is 4.25. The summed E-state index contributed by atoms with van der Waals surface area (Å²) in [6.07, 6.45) is 5.12. The average Bonchev–Trinajstić information content (AvgIpc) is 2.72. The molecule has 4 nitrogen and oxygen atoms in total. The number of benzene rings is 1. The molecule has 21 heavy (non-hydrogen) atoms. The first-order valence-corrected chi connectivity index (χ1v) is 7.47. The minimum absolute atomic E-state index is 0.0484. The van der Waals surface area contributed by atoms with E-state index in [0.29, 0.717) is 9.23 Å². The molecule has 1 saturated heterocycles. The van der Waals surface area contributed by atoms with E-state index < -0.39 is 5.97 Å². The summed E-state index contributed by atoms with van der Waals surface area (Å²) >= 11 is 6.25. The van der Waals surface area contributed by atoms with Crippen LogP contribution in [0.1, 0.15) is 12.0 Å². The zero-order chi connectivity index (χ0) is 15.2. The van der Waals surface area contributed by atoms with Crippen LogP contribution < -0.4 is 5.11 Å². The molecule has 1 aliphatic rings. The predicted molar refractivity (Wildman–Crippen MR) is 85.1 cm³/mol.